The summed E-state index contributed by atoms with van der Waals surface area (Å²) in [6, 6.07) is 6.55. The summed E-state index contributed by atoms with van der Waals surface area (Å²) in [5, 5.41) is 3.59. The zero-order chi connectivity index (χ0) is 21.9. The molecule has 6 heteroatoms. The Hall–Kier alpha value is -2.34. The summed E-state index contributed by atoms with van der Waals surface area (Å²) in [4.78, 5) is 10.7. The average Bonchev–Trinajstić information content (AvgIpc) is 3.51. The van der Waals surface area contributed by atoms with Gasteiger partial charge in [0.1, 0.15) is 18.6 Å². The number of aromatic nitrogens is 2. The van der Waals surface area contributed by atoms with E-state index in [9.17, 15) is 0 Å². The molecule has 0 saturated heterocycles. The second-order valence-corrected chi connectivity index (χ2v) is 9.78. The number of anilines is 2. The molecule has 32 heavy (non-hydrogen) atoms. The van der Waals surface area contributed by atoms with Crippen molar-refractivity contribution < 1.29 is 9.47 Å². The van der Waals surface area contributed by atoms with Gasteiger partial charge in [-0.3, -0.25) is 9.97 Å². The zero-order valence-corrected chi connectivity index (χ0v) is 19.4. The lowest BCUT2D eigenvalue weighted by atomic mass is 9.95. The average molecular weight is 437 g/mol. The van der Waals surface area contributed by atoms with Crippen LogP contribution >= 0.6 is 0 Å². The van der Waals surface area contributed by atoms with E-state index in [1.807, 2.05) is 6.07 Å². The minimum atomic E-state index is -0.0233. The van der Waals surface area contributed by atoms with Crippen LogP contribution in [0.1, 0.15) is 57.1 Å². The van der Waals surface area contributed by atoms with Gasteiger partial charge in [0.25, 0.3) is 0 Å². The first-order valence-corrected chi connectivity index (χ1v) is 12.3. The van der Waals surface area contributed by atoms with E-state index < -0.39 is 0 Å². The second kappa shape index (κ2) is 9.65. The number of ether oxygens (including phenoxy) is 2. The standard InChI is InChI=1S/C26H36N4O2/c1-30-24-11-10-21(32-17-20-16-27-12-13-28-20)15-23(24)29-26(31-2)25(30)7-5-3-4-6-18-8-9-19-14-22(18)19/h10-13,15-16,18-19,22,25-26,29H,3-9,14,17H2,1-2H3/t18-,19?,22?,25?,26?/m0/s1. The molecule has 5 atom stereocenters. The number of nitrogens with zero attached hydrogens (tertiary/aromatic N) is 3. The fraction of sp³-hybridized carbons (Fsp3) is 0.615. The maximum absolute atomic E-state index is 5.93. The molecule has 2 saturated carbocycles. The number of methoxy groups -OCH3 is 1. The lowest BCUT2D eigenvalue weighted by molar-refractivity contribution is 0.0944. The maximum atomic E-state index is 5.93. The molecule has 6 nitrogen and oxygen atoms in total. The van der Waals surface area contributed by atoms with Crippen LogP contribution in [-0.2, 0) is 11.3 Å². The predicted octanol–water partition coefficient (Wildman–Crippen LogP) is 5.26. The molecule has 0 radical (unpaired) electrons. The molecule has 3 aliphatic rings. The van der Waals surface area contributed by atoms with Gasteiger partial charge in [-0.25, -0.2) is 0 Å². The predicted molar refractivity (Wildman–Crippen MR) is 127 cm³/mol. The Kier molecular flexibility index (Phi) is 6.49. The molecule has 0 amide bonds. The summed E-state index contributed by atoms with van der Waals surface area (Å²) in [7, 11) is 3.98. The SMILES string of the molecule is COC1Nc2cc(OCc3cnccn3)ccc2N(C)C1CCCCC[C@H]1CCC2CC21. The van der Waals surface area contributed by atoms with Crippen LogP contribution in [0, 0.1) is 17.8 Å². The Morgan fingerprint density at radius 2 is 2.03 bits per heavy atom. The van der Waals surface area contributed by atoms with Gasteiger partial charge in [0.05, 0.1) is 29.3 Å². The van der Waals surface area contributed by atoms with Gasteiger partial charge in [-0.2, -0.15) is 0 Å². The normalized spacial score (nSPS) is 28.1. The molecule has 0 spiro atoms. The first-order valence-electron chi connectivity index (χ1n) is 12.3. The number of hydrogen-bond acceptors (Lipinski definition) is 6. The minimum Gasteiger partial charge on any atom is -0.487 e. The fourth-order valence-electron chi connectivity index (χ4n) is 5.90. The Balaban J connectivity index is 1.14. The third kappa shape index (κ3) is 4.70. The molecule has 172 valence electrons. The summed E-state index contributed by atoms with van der Waals surface area (Å²) in [5.41, 5.74) is 3.06. The number of unbranched alkanes of at least 4 members (excludes halogenated alkanes) is 2. The highest BCUT2D eigenvalue weighted by Gasteiger charge is 2.47. The maximum Gasteiger partial charge on any atom is 0.147 e. The van der Waals surface area contributed by atoms with Crippen LogP contribution in [0.5, 0.6) is 5.75 Å². The van der Waals surface area contributed by atoms with E-state index in [1.54, 1.807) is 25.7 Å². The van der Waals surface area contributed by atoms with Crippen molar-refractivity contribution in [1.82, 2.24) is 9.97 Å². The highest BCUT2D eigenvalue weighted by molar-refractivity contribution is 5.74. The van der Waals surface area contributed by atoms with Crippen molar-refractivity contribution in [1.29, 1.82) is 0 Å². The van der Waals surface area contributed by atoms with Crippen LogP contribution in [0.25, 0.3) is 0 Å². The van der Waals surface area contributed by atoms with Gasteiger partial charge >= 0.3 is 0 Å². The molecule has 0 bridgehead atoms. The fourth-order valence-corrected chi connectivity index (χ4v) is 5.90. The van der Waals surface area contributed by atoms with Crippen molar-refractivity contribution >= 4 is 11.4 Å². The van der Waals surface area contributed by atoms with Gasteiger partial charge in [0.2, 0.25) is 0 Å². The lowest BCUT2D eigenvalue weighted by Gasteiger charge is -2.42. The van der Waals surface area contributed by atoms with Crippen molar-refractivity contribution in [2.24, 2.45) is 17.8 Å². The van der Waals surface area contributed by atoms with Crippen molar-refractivity contribution in [3.8, 4) is 5.75 Å². The van der Waals surface area contributed by atoms with Crippen molar-refractivity contribution in [2.45, 2.75) is 70.2 Å². The molecule has 1 aromatic carbocycles. The van der Waals surface area contributed by atoms with E-state index in [2.05, 4.69) is 39.4 Å². The third-order valence-corrected chi connectivity index (χ3v) is 7.82. The molecule has 4 unspecified atom stereocenters. The minimum absolute atomic E-state index is 0.0233. The van der Waals surface area contributed by atoms with Crippen LogP contribution in [-0.4, -0.2) is 36.4 Å². The molecule has 1 N–H and O–H groups in total. The van der Waals surface area contributed by atoms with E-state index in [0.29, 0.717) is 12.6 Å². The highest BCUT2D eigenvalue weighted by atomic mass is 16.5. The summed E-state index contributed by atoms with van der Waals surface area (Å²) in [6.45, 7) is 0.404. The molecule has 2 fully saturated rings. The van der Waals surface area contributed by atoms with Crippen LogP contribution in [0.2, 0.25) is 0 Å². The van der Waals surface area contributed by atoms with Gasteiger partial charge in [0.15, 0.2) is 0 Å². The third-order valence-electron chi connectivity index (χ3n) is 7.82. The summed E-state index contributed by atoms with van der Waals surface area (Å²) >= 11 is 0. The Bertz CT molecular complexity index is 893. The molecule has 1 aliphatic heterocycles. The summed E-state index contributed by atoms with van der Waals surface area (Å²) < 4.78 is 11.8. The number of fused-ring (bicyclic) bond motifs is 2. The molecule has 2 aliphatic carbocycles. The second-order valence-electron chi connectivity index (χ2n) is 9.78. The lowest BCUT2D eigenvalue weighted by Crippen LogP contribution is -2.50. The van der Waals surface area contributed by atoms with Gasteiger partial charge in [-0.05, 0) is 55.6 Å². The molecule has 5 rings (SSSR count). The Labute approximate surface area is 191 Å². The van der Waals surface area contributed by atoms with Crippen molar-refractivity contribution in [3.63, 3.8) is 0 Å². The molecule has 2 aromatic rings. The largest absolute Gasteiger partial charge is 0.487 e. The number of rotatable bonds is 10. The smallest absolute Gasteiger partial charge is 0.147 e. The van der Waals surface area contributed by atoms with Gasteiger partial charge in [0, 0.05) is 32.6 Å². The quantitative estimate of drug-likeness (QED) is 0.513. The monoisotopic (exact) mass is 436 g/mol. The first kappa shape index (κ1) is 21.5. The Morgan fingerprint density at radius 3 is 2.78 bits per heavy atom. The van der Waals surface area contributed by atoms with Gasteiger partial charge in [-0.1, -0.05) is 25.7 Å². The first-order chi connectivity index (χ1) is 15.7. The van der Waals surface area contributed by atoms with E-state index in [0.717, 1.165) is 41.3 Å². The number of hydrogen-bond donors (Lipinski definition) is 1. The Morgan fingerprint density at radius 1 is 1.12 bits per heavy atom. The highest BCUT2D eigenvalue weighted by Crippen LogP contribution is 2.56. The zero-order valence-electron chi connectivity index (χ0n) is 19.4. The van der Waals surface area contributed by atoms with Crippen LogP contribution < -0.4 is 15.0 Å². The molecule has 2 heterocycles. The molecular weight excluding hydrogens is 400 g/mol. The van der Waals surface area contributed by atoms with E-state index in [1.165, 1.54) is 50.6 Å². The van der Waals surface area contributed by atoms with Gasteiger partial charge < -0.3 is 19.7 Å². The molecule has 1 aromatic heterocycles. The summed E-state index contributed by atoms with van der Waals surface area (Å²) in [6.07, 6.45) is 16.2. The summed E-state index contributed by atoms with van der Waals surface area (Å²) in [5.74, 6) is 4.08. The van der Waals surface area contributed by atoms with E-state index >= 15 is 0 Å². The van der Waals surface area contributed by atoms with Crippen LogP contribution in [0.4, 0.5) is 11.4 Å². The van der Waals surface area contributed by atoms with E-state index in [-0.39, 0.29) is 6.23 Å². The van der Waals surface area contributed by atoms with Gasteiger partial charge in [-0.15, -0.1) is 0 Å². The van der Waals surface area contributed by atoms with Crippen LogP contribution in [0.3, 0.4) is 0 Å². The number of benzene rings is 1. The van der Waals surface area contributed by atoms with Crippen molar-refractivity contribution in [3.05, 3.63) is 42.5 Å². The molecular formula is C26H36N4O2. The number of likely N-dealkylation sites (N-methyl/N-ethyl adjacent to an activating group) is 1. The van der Waals surface area contributed by atoms with Crippen LogP contribution in [0.15, 0.2) is 36.8 Å². The van der Waals surface area contributed by atoms with Crippen molar-refractivity contribution in [2.75, 3.05) is 24.4 Å². The number of nitrogens with one attached hydrogen (secondary N) is 1. The van der Waals surface area contributed by atoms with E-state index in [4.69, 9.17) is 9.47 Å². The topological polar surface area (TPSA) is 59.5 Å².